The van der Waals surface area contributed by atoms with Gasteiger partial charge < -0.3 is 5.11 Å². The second-order valence-electron chi connectivity index (χ2n) is 2.47. The Kier molecular flexibility index (Phi) is 4.97. The van der Waals surface area contributed by atoms with E-state index in [4.69, 9.17) is 23.2 Å². The zero-order valence-corrected chi connectivity index (χ0v) is 7.79. The molecule has 1 aromatic carbocycles. The third kappa shape index (κ3) is 2.30. The van der Waals surface area contributed by atoms with Crippen molar-refractivity contribution in [3.63, 3.8) is 0 Å². The van der Waals surface area contributed by atoms with E-state index in [1.165, 1.54) is 0 Å². The molecule has 0 fully saturated rings. The van der Waals surface area contributed by atoms with E-state index in [0.717, 1.165) is 11.1 Å². The van der Waals surface area contributed by atoms with Crippen molar-refractivity contribution >= 4 is 52.8 Å². The van der Waals surface area contributed by atoms with Gasteiger partial charge in [0.05, 0.1) is 5.02 Å². The Labute approximate surface area is 104 Å². The number of benzene rings is 1. The third-order valence-corrected chi connectivity index (χ3v) is 2.64. The summed E-state index contributed by atoms with van der Waals surface area (Å²) in [6, 6.07) is 1.55. The molecule has 4 heteroatoms. The van der Waals surface area contributed by atoms with Crippen LogP contribution in [-0.4, -0.2) is 34.7 Å². The van der Waals surface area contributed by atoms with Crippen molar-refractivity contribution in [2.75, 3.05) is 0 Å². The first-order chi connectivity index (χ1) is 5.04. The van der Waals surface area contributed by atoms with Crippen molar-refractivity contribution in [1.82, 2.24) is 0 Å². The standard InChI is InChI=1S/C8H8Cl2O.Na.H/c1-4-3-6(11)8(10)5(2)7(4)9;;/h3,11H,1-2H3;;. The topological polar surface area (TPSA) is 20.2 Å². The van der Waals surface area contributed by atoms with Gasteiger partial charge in [-0.1, -0.05) is 23.2 Å². The Bertz CT molecular complexity index is 273. The van der Waals surface area contributed by atoms with Crippen LogP contribution in [0, 0.1) is 13.8 Å². The fourth-order valence-electron chi connectivity index (χ4n) is 0.916. The van der Waals surface area contributed by atoms with Gasteiger partial charge in [0.1, 0.15) is 5.75 Å². The first-order valence-electron chi connectivity index (χ1n) is 3.18. The molecule has 0 saturated carbocycles. The summed E-state index contributed by atoms with van der Waals surface area (Å²) in [4.78, 5) is 0. The fraction of sp³-hybridized carbons (Fsp3) is 0.250. The van der Waals surface area contributed by atoms with Crippen LogP contribution in [0.3, 0.4) is 0 Å². The van der Waals surface area contributed by atoms with E-state index in [9.17, 15) is 5.11 Å². The minimum atomic E-state index is 0. The van der Waals surface area contributed by atoms with Crippen molar-refractivity contribution in [2.45, 2.75) is 13.8 Å². The summed E-state index contributed by atoms with van der Waals surface area (Å²) in [7, 11) is 0. The number of rotatable bonds is 0. The van der Waals surface area contributed by atoms with Crippen molar-refractivity contribution in [2.24, 2.45) is 0 Å². The van der Waals surface area contributed by atoms with Crippen LogP contribution in [0.4, 0.5) is 0 Å². The molecule has 0 bridgehead atoms. The van der Waals surface area contributed by atoms with Crippen molar-refractivity contribution < 1.29 is 5.11 Å². The van der Waals surface area contributed by atoms with Gasteiger partial charge in [0.15, 0.2) is 0 Å². The molecule has 0 aliphatic carbocycles. The number of phenols is 1. The molecule has 0 spiro atoms. The van der Waals surface area contributed by atoms with Gasteiger partial charge >= 0.3 is 29.6 Å². The molecule has 0 atom stereocenters. The second kappa shape index (κ2) is 4.73. The molecule has 0 amide bonds. The molecule has 0 aromatic heterocycles. The summed E-state index contributed by atoms with van der Waals surface area (Å²) in [6.07, 6.45) is 0. The van der Waals surface area contributed by atoms with Crippen LogP contribution in [0.5, 0.6) is 5.75 Å². The van der Waals surface area contributed by atoms with Crippen LogP contribution >= 0.6 is 23.2 Å². The number of aromatic hydroxyl groups is 1. The Morgan fingerprint density at radius 2 is 1.67 bits per heavy atom. The molecule has 0 unspecified atom stereocenters. The van der Waals surface area contributed by atoms with Crippen molar-refractivity contribution in [1.29, 1.82) is 0 Å². The first-order valence-corrected chi connectivity index (χ1v) is 3.93. The average molecular weight is 215 g/mol. The summed E-state index contributed by atoms with van der Waals surface area (Å²) >= 11 is 11.6. The zero-order chi connectivity index (χ0) is 8.59. The van der Waals surface area contributed by atoms with Crippen LogP contribution < -0.4 is 0 Å². The van der Waals surface area contributed by atoms with E-state index in [1.807, 2.05) is 6.92 Å². The molecule has 0 aliphatic heterocycles. The molecule has 62 valence electrons. The molecular formula is C8H9Cl2NaO. The number of phenolic OH excluding ortho intramolecular Hbond substituents is 1. The Hall–Kier alpha value is 0.600. The normalized spacial score (nSPS) is 9.33. The molecule has 1 aromatic rings. The first kappa shape index (κ1) is 12.6. The van der Waals surface area contributed by atoms with Crippen LogP contribution in [0.25, 0.3) is 0 Å². The number of aryl methyl sites for hydroxylation is 1. The van der Waals surface area contributed by atoms with Crippen LogP contribution in [-0.2, 0) is 0 Å². The van der Waals surface area contributed by atoms with E-state index < -0.39 is 0 Å². The number of hydrogen-bond acceptors (Lipinski definition) is 1. The second-order valence-corrected chi connectivity index (χ2v) is 3.22. The van der Waals surface area contributed by atoms with Gasteiger partial charge in [-0.05, 0) is 31.0 Å². The molecule has 0 heterocycles. The van der Waals surface area contributed by atoms with Crippen LogP contribution in [0.1, 0.15) is 11.1 Å². The summed E-state index contributed by atoms with van der Waals surface area (Å²) < 4.78 is 0. The Morgan fingerprint density at radius 1 is 1.17 bits per heavy atom. The molecule has 1 N–H and O–H groups in total. The zero-order valence-electron chi connectivity index (χ0n) is 6.28. The Balaban J connectivity index is 0.00000121. The van der Waals surface area contributed by atoms with Gasteiger partial charge in [0, 0.05) is 5.02 Å². The average Bonchev–Trinajstić information content (AvgIpc) is 1.97. The van der Waals surface area contributed by atoms with Gasteiger partial charge in [0.2, 0.25) is 0 Å². The van der Waals surface area contributed by atoms with Crippen molar-refractivity contribution in [3.05, 3.63) is 27.2 Å². The Morgan fingerprint density at radius 3 is 2.17 bits per heavy atom. The summed E-state index contributed by atoms with van der Waals surface area (Å²) in [5.74, 6) is 0.0890. The molecule has 0 saturated heterocycles. The molecule has 1 nitrogen and oxygen atoms in total. The monoisotopic (exact) mass is 214 g/mol. The number of hydrogen-bond donors (Lipinski definition) is 1. The maximum absolute atomic E-state index is 9.21. The molecule has 1 rings (SSSR count). The van der Waals surface area contributed by atoms with E-state index in [0.29, 0.717) is 10.0 Å². The van der Waals surface area contributed by atoms with Gasteiger partial charge in [-0.2, -0.15) is 0 Å². The van der Waals surface area contributed by atoms with Crippen molar-refractivity contribution in [3.8, 4) is 5.75 Å². The predicted molar refractivity (Wildman–Crippen MR) is 54.7 cm³/mol. The summed E-state index contributed by atoms with van der Waals surface area (Å²) in [5, 5.41) is 10.2. The van der Waals surface area contributed by atoms with Gasteiger partial charge in [0.25, 0.3) is 0 Å². The number of halogens is 2. The molecule has 12 heavy (non-hydrogen) atoms. The van der Waals surface area contributed by atoms with E-state index in [2.05, 4.69) is 0 Å². The van der Waals surface area contributed by atoms with E-state index >= 15 is 0 Å². The fourth-order valence-corrected chi connectivity index (χ4v) is 1.26. The quantitative estimate of drug-likeness (QED) is 0.659. The minimum absolute atomic E-state index is 0. The molecule has 0 aliphatic rings. The SMILES string of the molecule is Cc1cc(O)c(Cl)c(C)c1Cl.[NaH]. The summed E-state index contributed by atoms with van der Waals surface area (Å²) in [5.41, 5.74) is 1.57. The predicted octanol–water partition coefficient (Wildman–Crippen LogP) is 2.67. The van der Waals surface area contributed by atoms with Crippen LogP contribution in [0.15, 0.2) is 6.07 Å². The van der Waals surface area contributed by atoms with Gasteiger partial charge in [-0.3, -0.25) is 0 Å². The van der Waals surface area contributed by atoms with E-state index in [1.54, 1.807) is 13.0 Å². The van der Waals surface area contributed by atoms with Gasteiger partial charge in [-0.15, -0.1) is 0 Å². The summed E-state index contributed by atoms with van der Waals surface area (Å²) in [6.45, 7) is 3.60. The van der Waals surface area contributed by atoms with Gasteiger partial charge in [-0.25, -0.2) is 0 Å². The van der Waals surface area contributed by atoms with E-state index in [-0.39, 0.29) is 35.3 Å². The van der Waals surface area contributed by atoms with Crippen LogP contribution in [0.2, 0.25) is 10.0 Å². The third-order valence-electron chi connectivity index (χ3n) is 1.58. The maximum atomic E-state index is 9.21. The molecular weight excluding hydrogens is 206 g/mol. The molecule has 0 radical (unpaired) electrons.